The van der Waals surface area contributed by atoms with Crippen LogP contribution in [0.4, 0.5) is 0 Å². The van der Waals surface area contributed by atoms with Crippen molar-refractivity contribution in [3.05, 3.63) is 34.9 Å². The number of carbonyl (C=O) groups is 3. The van der Waals surface area contributed by atoms with E-state index in [9.17, 15) is 14.4 Å². The van der Waals surface area contributed by atoms with Crippen LogP contribution in [0.25, 0.3) is 0 Å². The Bertz CT molecular complexity index is 641. The Kier molecular flexibility index (Phi) is 8.58. The number of nitrogens with one attached hydrogen (secondary N) is 2. The molecule has 1 aromatic carbocycles. The molecule has 0 bridgehead atoms. The van der Waals surface area contributed by atoms with Gasteiger partial charge in [0.2, 0.25) is 5.91 Å². The van der Waals surface area contributed by atoms with Crippen molar-refractivity contribution in [1.82, 2.24) is 10.6 Å². The van der Waals surface area contributed by atoms with E-state index in [0.717, 1.165) is 12.8 Å². The smallest absolute Gasteiger partial charge is 0.303 e. The third-order valence-corrected chi connectivity index (χ3v) is 3.99. The van der Waals surface area contributed by atoms with E-state index in [1.165, 1.54) is 6.07 Å². The number of halogens is 1. The summed E-state index contributed by atoms with van der Waals surface area (Å²) in [6.07, 6.45) is 1.56. The SMILES string of the molecule is CC(C)(C)CCCNC(=O)C(CCC(=O)O)NC(=O)c1cccc(Cl)c1. The highest BCUT2D eigenvalue weighted by molar-refractivity contribution is 6.31. The summed E-state index contributed by atoms with van der Waals surface area (Å²) >= 11 is 5.87. The van der Waals surface area contributed by atoms with Gasteiger partial charge in [0.25, 0.3) is 5.91 Å². The molecule has 2 amide bonds. The Morgan fingerprint density at radius 3 is 2.50 bits per heavy atom. The molecular weight excluding hydrogens is 356 g/mol. The molecule has 1 unspecified atom stereocenters. The van der Waals surface area contributed by atoms with Crippen molar-refractivity contribution < 1.29 is 19.5 Å². The van der Waals surface area contributed by atoms with Gasteiger partial charge in [-0.3, -0.25) is 14.4 Å². The Labute approximate surface area is 159 Å². The zero-order chi connectivity index (χ0) is 19.7. The summed E-state index contributed by atoms with van der Waals surface area (Å²) in [6.45, 7) is 6.84. The van der Waals surface area contributed by atoms with Crippen LogP contribution in [-0.2, 0) is 9.59 Å². The van der Waals surface area contributed by atoms with Crippen molar-refractivity contribution in [2.24, 2.45) is 5.41 Å². The molecular formula is C19H27ClN2O4. The van der Waals surface area contributed by atoms with Gasteiger partial charge < -0.3 is 15.7 Å². The van der Waals surface area contributed by atoms with E-state index >= 15 is 0 Å². The van der Waals surface area contributed by atoms with Crippen molar-refractivity contribution >= 4 is 29.4 Å². The fourth-order valence-corrected chi connectivity index (χ4v) is 2.55. The average molecular weight is 383 g/mol. The van der Waals surface area contributed by atoms with E-state index in [1.54, 1.807) is 18.2 Å². The summed E-state index contributed by atoms with van der Waals surface area (Å²) in [6, 6.07) is 5.44. The Balaban J connectivity index is 2.66. The van der Waals surface area contributed by atoms with E-state index in [0.29, 0.717) is 17.1 Å². The van der Waals surface area contributed by atoms with E-state index in [4.69, 9.17) is 16.7 Å². The van der Waals surface area contributed by atoms with Gasteiger partial charge in [-0.05, 0) is 42.9 Å². The lowest BCUT2D eigenvalue weighted by Gasteiger charge is -2.20. The van der Waals surface area contributed by atoms with Gasteiger partial charge in [-0.25, -0.2) is 0 Å². The monoisotopic (exact) mass is 382 g/mol. The van der Waals surface area contributed by atoms with Gasteiger partial charge in [-0.15, -0.1) is 0 Å². The second kappa shape index (κ2) is 10.2. The van der Waals surface area contributed by atoms with Crippen LogP contribution in [0.15, 0.2) is 24.3 Å². The number of amides is 2. The van der Waals surface area contributed by atoms with E-state index in [1.807, 2.05) is 0 Å². The zero-order valence-electron chi connectivity index (χ0n) is 15.5. The van der Waals surface area contributed by atoms with Crippen molar-refractivity contribution in [2.45, 2.75) is 52.5 Å². The summed E-state index contributed by atoms with van der Waals surface area (Å²) in [4.78, 5) is 35.5. The molecule has 1 atom stereocenters. The summed E-state index contributed by atoms with van der Waals surface area (Å²) in [5.74, 6) is -1.86. The van der Waals surface area contributed by atoms with Crippen LogP contribution in [0.3, 0.4) is 0 Å². The minimum atomic E-state index is -1.02. The fourth-order valence-electron chi connectivity index (χ4n) is 2.36. The highest BCUT2D eigenvalue weighted by Gasteiger charge is 2.22. The largest absolute Gasteiger partial charge is 0.481 e. The molecule has 144 valence electrons. The number of aliphatic carboxylic acids is 1. The van der Waals surface area contributed by atoms with E-state index in [2.05, 4.69) is 31.4 Å². The Morgan fingerprint density at radius 1 is 1.23 bits per heavy atom. The second-order valence-electron chi connectivity index (χ2n) is 7.42. The van der Waals surface area contributed by atoms with Crippen LogP contribution in [0, 0.1) is 5.41 Å². The molecule has 0 saturated carbocycles. The lowest BCUT2D eigenvalue weighted by molar-refractivity contribution is -0.137. The van der Waals surface area contributed by atoms with Crippen LogP contribution in [0.1, 0.15) is 56.8 Å². The molecule has 0 aliphatic carbocycles. The summed E-state index contributed by atoms with van der Waals surface area (Å²) in [5.41, 5.74) is 0.493. The molecule has 0 heterocycles. The minimum absolute atomic E-state index is 0.0206. The Morgan fingerprint density at radius 2 is 1.92 bits per heavy atom. The predicted molar refractivity (Wildman–Crippen MR) is 101 cm³/mol. The number of hydrogen-bond donors (Lipinski definition) is 3. The van der Waals surface area contributed by atoms with Gasteiger partial charge >= 0.3 is 5.97 Å². The van der Waals surface area contributed by atoms with Crippen LogP contribution >= 0.6 is 11.6 Å². The van der Waals surface area contributed by atoms with Gasteiger partial charge in [-0.2, -0.15) is 0 Å². The zero-order valence-corrected chi connectivity index (χ0v) is 16.2. The third-order valence-electron chi connectivity index (χ3n) is 3.76. The highest BCUT2D eigenvalue weighted by atomic mass is 35.5. The number of carboxylic acid groups (broad SMARTS) is 1. The normalized spacial score (nSPS) is 12.3. The number of hydrogen-bond acceptors (Lipinski definition) is 3. The van der Waals surface area contributed by atoms with Crippen LogP contribution in [0.2, 0.25) is 5.02 Å². The summed E-state index contributed by atoms with van der Waals surface area (Å²) < 4.78 is 0. The van der Waals surface area contributed by atoms with Gasteiger partial charge in [0.1, 0.15) is 6.04 Å². The van der Waals surface area contributed by atoms with Crippen LogP contribution < -0.4 is 10.6 Å². The first-order chi connectivity index (χ1) is 12.1. The van der Waals surface area contributed by atoms with Crippen molar-refractivity contribution in [1.29, 1.82) is 0 Å². The van der Waals surface area contributed by atoms with Gasteiger partial charge in [-0.1, -0.05) is 38.4 Å². The molecule has 0 radical (unpaired) electrons. The first-order valence-corrected chi connectivity index (χ1v) is 9.02. The molecule has 1 aromatic rings. The maximum Gasteiger partial charge on any atom is 0.303 e. The van der Waals surface area contributed by atoms with Crippen LogP contribution in [-0.4, -0.2) is 35.5 Å². The second-order valence-corrected chi connectivity index (χ2v) is 7.86. The summed E-state index contributed by atoms with van der Waals surface area (Å²) in [5, 5.41) is 14.7. The maximum atomic E-state index is 12.4. The molecule has 0 fully saturated rings. The topological polar surface area (TPSA) is 95.5 Å². The van der Waals surface area contributed by atoms with Crippen LogP contribution in [0.5, 0.6) is 0 Å². The van der Waals surface area contributed by atoms with Crippen molar-refractivity contribution in [3.8, 4) is 0 Å². The van der Waals surface area contributed by atoms with Gasteiger partial charge in [0.05, 0.1) is 0 Å². The van der Waals surface area contributed by atoms with Gasteiger partial charge in [0, 0.05) is 23.6 Å². The Hall–Kier alpha value is -2.08. The molecule has 3 N–H and O–H groups in total. The van der Waals surface area contributed by atoms with E-state index < -0.39 is 17.9 Å². The standard InChI is InChI=1S/C19H27ClN2O4/c1-19(2,3)10-5-11-21-18(26)15(8-9-16(23)24)22-17(25)13-6-4-7-14(20)12-13/h4,6-7,12,15H,5,8-11H2,1-3H3,(H,21,26)(H,22,25)(H,23,24). The van der Waals surface area contributed by atoms with E-state index in [-0.39, 0.29) is 24.2 Å². The highest BCUT2D eigenvalue weighted by Crippen LogP contribution is 2.19. The molecule has 6 nitrogen and oxygen atoms in total. The molecule has 26 heavy (non-hydrogen) atoms. The summed E-state index contributed by atoms with van der Waals surface area (Å²) in [7, 11) is 0. The molecule has 0 aliphatic heterocycles. The number of carboxylic acids is 1. The average Bonchev–Trinajstić information content (AvgIpc) is 2.54. The molecule has 1 rings (SSSR count). The number of benzene rings is 1. The quantitative estimate of drug-likeness (QED) is 0.571. The molecule has 7 heteroatoms. The number of carbonyl (C=O) groups excluding carboxylic acids is 2. The first kappa shape index (κ1) is 22.0. The number of rotatable bonds is 9. The first-order valence-electron chi connectivity index (χ1n) is 8.64. The van der Waals surface area contributed by atoms with Crippen molar-refractivity contribution in [2.75, 3.05) is 6.54 Å². The van der Waals surface area contributed by atoms with Gasteiger partial charge in [0.15, 0.2) is 0 Å². The molecule has 0 aliphatic rings. The fraction of sp³-hybridized carbons (Fsp3) is 0.526. The lowest BCUT2D eigenvalue weighted by Crippen LogP contribution is -2.47. The maximum absolute atomic E-state index is 12.4. The molecule has 0 aromatic heterocycles. The predicted octanol–water partition coefficient (Wildman–Crippen LogP) is 3.25. The third kappa shape index (κ3) is 8.85. The minimum Gasteiger partial charge on any atom is -0.481 e. The molecule has 0 spiro atoms. The van der Waals surface area contributed by atoms with Crippen molar-refractivity contribution in [3.63, 3.8) is 0 Å². The molecule has 0 saturated heterocycles. The lowest BCUT2D eigenvalue weighted by atomic mass is 9.91.